The lowest BCUT2D eigenvalue weighted by atomic mass is 10.1. The van der Waals surface area contributed by atoms with Gasteiger partial charge in [0.25, 0.3) is 5.56 Å². The fourth-order valence-electron chi connectivity index (χ4n) is 4.74. The van der Waals surface area contributed by atoms with Crippen LogP contribution in [0.15, 0.2) is 52.6 Å². The number of alkyl halides is 6. The van der Waals surface area contributed by atoms with Crippen LogP contribution in [0.25, 0.3) is 27.9 Å². The molecule has 1 aliphatic rings. The molecule has 2 N–H and O–H groups in total. The Morgan fingerprint density at radius 1 is 1.05 bits per heavy atom. The molecule has 5 aromatic heterocycles. The summed E-state index contributed by atoms with van der Waals surface area (Å²) in [6.07, 6.45) is -4.37. The Morgan fingerprint density at radius 3 is 2.55 bits per heavy atom. The van der Waals surface area contributed by atoms with E-state index in [0.717, 1.165) is 6.07 Å². The molecule has 0 unspecified atom stereocenters. The summed E-state index contributed by atoms with van der Waals surface area (Å²) >= 11 is 0. The fraction of sp³-hybridized carbons (Fsp3) is 0.261. The summed E-state index contributed by atoms with van der Waals surface area (Å²) in [5.41, 5.74) is -1.11. The van der Waals surface area contributed by atoms with E-state index in [2.05, 4.69) is 25.0 Å². The van der Waals surface area contributed by atoms with E-state index < -0.39 is 46.7 Å². The van der Waals surface area contributed by atoms with Gasteiger partial charge in [-0.15, -0.1) is 0 Å². The minimum atomic E-state index is -4.85. The van der Waals surface area contributed by atoms with Gasteiger partial charge in [-0.1, -0.05) is 0 Å². The molecule has 0 spiro atoms. The second-order valence-corrected chi connectivity index (χ2v) is 9.01. The number of hydrogen-bond acceptors (Lipinski definition) is 5. The van der Waals surface area contributed by atoms with Gasteiger partial charge in [0.2, 0.25) is 0 Å². The second kappa shape index (κ2) is 8.03. The second-order valence-electron chi connectivity index (χ2n) is 9.01. The molecule has 0 bridgehead atoms. The Morgan fingerprint density at radius 2 is 1.84 bits per heavy atom. The van der Waals surface area contributed by atoms with Crippen molar-refractivity contribution in [1.29, 1.82) is 0 Å². The van der Waals surface area contributed by atoms with Crippen molar-refractivity contribution in [2.24, 2.45) is 0 Å². The van der Waals surface area contributed by atoms with Crippen LogP contribution in [0.3, 0.4) is 0 Å². The van der Waals surface area contributed by atoms with Gasteiger partial charge in [-0.2, -0.15) is 31.4 Å². The first-order valence-corrected chi connectivity index (χ1v) is 11.2. The number of aromatic amines is 2. The highest BCUT2D eigenvalue weighted by Crippen LogP contribution is 2.55. The molecule has 1 saturated carbocycles. The number of H-pyrrole nitrogens is 2. The van der Waals surface area contributed by atoms with E-state index >= 15 is 0 Å². The summed E-state index contributed by atoms with van der Waals surface area (Å²) in [6, 6.07) is 4.16. The zero-order valence-electron chi connectivity index (χ0n) is 18.9. The van der Waals surface area contributed by atoms with Crippen LogP contribution in [0.4, 0.5) is 26.3 Å². The van der Waals surface area contributed by atoms with Crippen LogP contribution in [-0.2, 0) is 12.7 Å². The number of nitrogens with one attached hydrogen (secondary N) is 2. The lowest BCUT2D eigenvalue weighted by Gasteiger charge is -2.09. The molecule has 15 heteroatoms. The Balaban J connectivity index is 1.41. The van der Waals surface area contributed by atoms with Crippen molar-refractivity contribution in [1.82, 2.24) is 34.1 Å². The number of rotatable bonds is 4. The van der Waals surface area contributed by atoms with Gasteiger partial charge in [0.1, 0.15) is 12.2 Å². The predicted octanol–water partition coefficient (Wildman–Crippen LogP) is 3.97. The number of pyridine rings is 1. The van der Waals surface area contributed by atoms with Gasteiger partial charge >= 0.3 is 18.0 Å². The number of halogens is 6. The molecule has 5 aromatic rings. The summed E-state index contributed by atoms with van der Waals surface area (Å²) in [4.78, 5) is 36.7. The third-order valence-corrected chi connectivity index (χ3v) is 6.45. The molecule has 38 heavy (non-hydrogen) atoms. The molecule has 1 aliphatic carbocycles. The van der Waals surface area contributed by atoms with Crippen molar-refractivity contribution in [3.63, 3.8) is 0 Å². The molecular formula is C23H15F6N7O2. The molecule has 0 aliphatic heterocycles. The van der Waals surface area contributed by atoms with Gasteiger partial charge in [-0.05, 0) is 30.5 Å². The van der Waals surface area contributed by atoms with Crippen LogP contribution in [0.5, 0.6) is 0 Å². The van der Waals surface area contributed by atoms with Crippen molar-refractivity contribution >= 4 is 16.7 Å². The van der Waals surface area contributed by atoms with E-state index in [4.69, 9.17) is 0 Å². The SMILES string of the molecule is O=c1[nH]cc(-c2cc([C@H]3C[C@@H]3c3ccc4c(C(F)(F)F)cn(CC(F)(F)F)c4n3)c3nccn3n2)c(=O)[nH]1. The van der Waals surface area contributed by atoms with E-state index in [1.165, 1.54) is 23.0 Å². The van der Waals surface area contributed by atoms with Crippen molar-refractivity contribution in [2.45, 2.75) is 37.2 Å². The summed E-state index contributed by atoms with van der Waals surface area (Å²) in [6.45, 7) is -1.61. The first-order chi connectivity index (χ1) is 17.9. The molecule has 0 saturated heterocycles. The summed E-state index contributed by atoms with van der Waals surface area (Å²) in [5, 5.41) is 3.94. The summed E-state index contributed by atoms with van der Waals surface area (Å²) < 4.78 is 81.6. The predicted molar refractivity (Wildman–Crippen MR) is 121 cm³/mol. The van der Waals surface area contributed by atoms with Crippen molar-refractivity contribution in [3.8, 4) is 11.3 Å². The third-order valence-electron chi connectivity index (χ3n) is 6.45. The average molecular weight is 535 g/mol. The van der Waals surface area contributed by atoms with Gasteiger partial charge in [0, 0.05) is 47.3 Å². The monoisotopic (exact) mass is 535 g/mol. The lowest BCUT2D eigenvalue weighted by Crippen LogP contribution is -2.23. The van der Waals surface area contributed by atoms with Crippen LogP contribution < -0.4 is 11.2 Å². The minimum Gasteiger partial charge on any atom is -0.323 e. The van der Waals surface area contributed by atoms with Crippen LogP contribution in [0.1, 0.15) is 35.1 Å². The van der Waals surface area contributed by atoms with Crippen LogP contribution in [0.2, 0.25) is 0 Å². The Hall–Kier alpha value is -4.43. The van der Waals surface area contributed by atoms with Crippen LogP contribution in [-0.4, -0.2) is 40.3 Å². The number of nitrogens with zero attached hydrogens (tertiary/aromatic N) is 5. The lowest BCUT2D eigenvalue weighted by molar-refractivity contribution is -0.143. The molecule has 0 amide bonds. The summed E-state index contributed by atoms with van der Waals surface area (Å²) in [7, 11) is 0. The Labute approximate surface area is 206 Å². The van der Waals surface area contributed by atoms with Gasteiger partial charge in [-0.3, -0.25) is 9.78 Å². The van der Waals surface area contributed by atoms with Crippen molar-refractivity contribution in [3.05, 3.63) is 80.6 Å². The molecule has 2 atom stereocenters. The van der Waals surface area contributed by atoms with E-state index in [0.29, 0.717) is 34.1 Å². The van der Waals surface area contributed by atoms with E-state index in [1.54, 1.807) is 12.3 Å². The van der Waals surface area contributed by atoms with Gasteiger partial charge in [0.05, 0.1) is 16.8 Å². The maximum absolute atomic E-state index is 13.5. The highest BCUT2D eigenvalue weighted by Gasteiger charge is 2.43. The quantitative estimate of drug-likeness (QED) is 0.338. The highest BCUT2D eigenvalue weighted by atomic mass is 19.4. The fourth-order valence-corrected chi connectivity index (χ4v) is 4.74. The Bertz CT molecular complexity index is 1830. The maximum atomic E-state index is 13.5. The minimum absolute atomic E-state index is 0.0999. The van der Waals surface area contributed by atoms with Crippen molar-refractivity contribution < 1.29 is 26.3 Å². The van der Waals surface area contributed by atoms with Gasteiger partial charge in [0.15, 0.2) is 5.65 Å². The Kier molecular flexibility index (Phi) is 5.06. The number of hydrogen-bond donors (Lipinski definition) is 2. The number of fused-ring (bicyclic) bond motifs is 2. The number of imidazole rings is 1. The number of aromatic nitrogens is 7. The molecule has 5 heterocycles. The highest BCUT2D eigenvalue weighted by molar-refractivity contribution is 5.81. The zero-order chi connectivity index (χ0) is 27.0. The van der Waals surface area contributed by atoms with E-state index in [1.807, 2.05) is 0 Å². The molecule has 0 radical (unpaired) electrons. The van der Waals surface area contributed by atoms with Gasteiger partial charge < -0.3 is 9.55 Å². The first-order valence-electron chi connectivity index (χ1n) is 11.2. The topological polar surface area (TPSA) is 114 Å². The standard InChI is InChI=1S/C23H15F6N7O2/c24-22(25,26)9-35-8-15(23(27,28)29)10-1-2-16(32-19(10)35)12-5-11(12)13-6-17(34-36-4-3-30-18(13)36)14-7-31-21(38)33-20(14)37/h1-4,6-8,11-12H,5,9H2,(H2,31,33,37,38)/t11-,12-/m0/s1. The van der Waals surface area contributed by atoms with Crippen molar-refractivity contribution in [2.75, 3.05) is 0 Å². The molecule has 9 nitrogen and oxygen atoms in total. The zero-order valence-corrected chi connectivity index (χ0v) is 18.9. The molecule has 6 rings (SSSR count). The molecular weight excluding hydrogens is 520 g/mol. The normalized spacial score (nSPS) is 17.9. The summed E-state index contributed by atoms with van der Waals surface area (Å²) in [5.74, 6) is -0.547. The maximum Gasteiger partial charge on any atom is 0.418 e. The largest absolute Gasteiger partial charge is 0.418 e. The molecule has 1 fully saturated rings. The third kappa shape index (κ3) is 4.13. The van der Waals surface area contributed by atoms with Crippen LogP contribution >= 0.6 is 0 Å². The molecule has 196 valence electrons. The van der Waals surface area contributed by atoms with E-state index in [9.17, 15) is 35.9 Å². The molecule has 0 aromatic carbocycles. The van der Waals surface area contributed by atoms with E-state index in [-0.39, 0.29) is 23.1 Å². The van der Waals surface area contributed by atoms with Crippen LogP contribution in [0, 0.1) is 0 Å². The average Bonchev–Trinajstić information content (AvgIpc) is 3.32. The first kappa shape index (κ1) is 23.9. The smallest absolute Gasteiger partial charge is 0.323 e. The van der Waals surface area contributed by atoms with Gasteiger partial charge in [-0.25, -0.2) is 19.3 Å².